The fourth-order valence-electron chi connectivity index (χ4n) is 3.25. The summed E-state index contributed by atoms with van der Waals surface area (Å²) in [6, 6.07) is 4.13. The number of phenols is 1. The molecule has 126 valence electrons. The maximum Gasteiger partial charge on any atom is 0.123 e. The van der Waals surface area contributed by atoms with Gasteiger partial charge in [-0.2, -0.15) is 5.10 Å². The standard InChI is InChI=1S/C20H30N2O/c1-12(2)16-13(15-9-10-21-22-15)11-14(19(3,4)5)18(23)17(16)20(6,7)8/h9-12,23H,1-8H3,(H,21,22). The van der Waals surface area contributed by atoms with E-state index in [9.17, 15) is 5.11 Å². The molecule has 0 saturated heterocycles. The lowest BCUT2D eigenvalue weighted by Crippen LogP contribution is -2.20. The first-order valence-corrected chi connectivity index (χ1v) is 8.35. The van der Waals surface area contributed by atoms with E-state index in [0.717, 1.165) is 22.4 Å². The van der Waals surface area contributed by atoms with Crippen molar-refractivity contribution >= 4 is 0 Å². The highest BCUT2D eigenvalue weighted by Gasteiger charge is 2.31. The molecule has 0 aliphatic heterocycles. The number of hydrogen-bond donors (Lipinski definition) is 2. The second kappa shape index (κ2) is 5.70. The molecule has 2 rings (SSSR count). The number of benzene rings is 1. The summed E-state index contributed by atoms with van der Waals surface area (Å²) in [7, 11) is 0. The molecule has 0 aliphatic carbocycles. The second-order valence-electron chi connectivity index (χ2n) is 8.73. The van der Waals surface area contributed by atoms with E-state index in [1.807, 2.05) is 6.07 Å². The quantitative estimate of drug-likeness (QED) is 0.769. The Labute approximate surface area is 140 Å². The number of nitrogens with zero attached hydrogens (tertiary/aromatic N) is 1. The summed E-state index contributed by atoms with van der Waals surface area (Å²) in [6.07, 6.45) is 1.78. The predicted molar refractivity (Wildman–Crippen MR) is 97.2 cm³/mol. The van der Waals surface area contributed by atoms with Gasteiger partial charge in [0.1, 0.15) is 5.75 Å². The molecule has 2 aromatic rings. The van der Waals surface area contributed by atoms with Gasteiger partial charge in [-0.3, -0.25) is 5.10 Å². The third kappa shape index (κ3) is 3.29. The predicted octanol–water partition coefficient (Wildman–Crippen LogP) is 5.50. The van der Waals surface area contributed by atoms with Gasteiger partial charge in [0.15, 0.2) is 0 Å². The Bertz CT molecular complexity index is 684. The second-order valence-corrected chi connectivity index (χ2v) is 8.73. The van der Waals surface area contributed by atoms with Crippen molar-refractivity contribution in [2.45, 2.75) is 72.1 Å². The molecule has 0 bridgehead atoms. The van der Waals surface area contributed by atoms with Gasteiger partial charge >= 0.3 is 0 Å². The molecule has 3 heteroatoms. The van der Waals surface area contributed by atoms with E-state index in [4.69, 9.17) is 0 Å². The number of aromatic hydroxyl groups is 1. The number of aromatic nitrogens is 2. The van der Waals surface area contributed by atoms with Crippen LogP contribution in [-0.2, 0) is 10.8 Å². The van der Waals surface area contributed by atoms with Crippen LogP contribution in [0.15, 0.2) is 18.3 Å². The van der Waals surface area contributed by atoms with Crippen LogP contribution in [0.2, 0.25) is 0 Å². The minimum absolute atomic E-state index is 0.131. The van der Waals surface area contributed by atoms with Crippen LogP contribution in [0.1, 0.15) is 78.0 Å². The fourth-order valence-corrected chi connectivity index (χ4v) is 3.25. The normalized spacial score (nSPS) is 12.9. The summed E-state index contributed by atoms with van der Waals surface area (Å²) in [5.41, 5.74) is 5.11. The van der Waals surface area contributed by atoms with Crippen LogP contribution in [0, 0.1) is 0 Å². The monoisotopic (exact) mass is 314 g/mol. The Morgan fingerprint density at radius 1 is 1.04 bits per heavy atom. The van der Waals surface area contributed by atoms with Crippen LogP contribution in [0.25, 0.3) is 11.3 Å². The third-order valence-corrected chi connectivity index (χ3v) is 4.27. The Balaban J connectivity index is 2.96. The average Bonchev–Trinajstić information content (AvgIpc) is 2.88. The minimum Gasteiger partial charge on any atom is -0.507 e. The molecule has 0 amide bonds. The zero-order valence-corrected chi connectivity index (χ0v) is 15.7. The Hall–Kier alpha value is -1.77. The molecule has 0 spiro atoms. The van der Waals surface area contributed by atoms with Crippen molar-refractivity contribution in [3.05, 3.63) is 35.0 Å². The van der Waals surface area contributed by atoms with Gasteiger partial charge in [0, 0.05) is 22.9 Å². The number of aromatic amines is 1. The average molecular weight is 314 g/mol. The molecular formula is C20H30N2O. The minimum atomic E-state index is -0.139. The first-order chi connectivity index (χ1) is 10.4. The van der Waals surface area contributed by atoms with Crippen LogP contribution in [-0.4, -0.2) is 15.3 Å². The van der Waals surface area contributed by atoms with Crippen molar-refractivity contribution in [3.8, 4) is 17.0 Å². The van der Waals surface area contributed by atoms with E-state index in [0.29, 0.717) is 11.7 Å². The molecule has 0 unspecified atom stereocenters. The van der Waals surface area contributed by atoms with Gasteiger partial charge in [0.05, 0.1) is 5.69 Å². The van der Waals surface area contributed by atoms with Crippen molar-refractivity contribution in [2.75, 3.05) is 0 Å². The molecule has 0 saturated carbocycles. The molecule has 1 aromatic carbocycles. The van der Waals surface area contributed by atoms with Crippen LogP contribution in [0.5, 0.6) is 5.75 Å². The maximum atomic E-state index is 11.1. The van der Waals surface area contributed by atoms with Crippen molar-refractivity contribution in [1.82, 2.24) is 10.2 Å². The summed E-state index contributed by atoms with van der Waals surface area (Å²) < 4.78 is 0. The Morgan fingerprint density at radius 2 is 1.65 bits per heavy atom. The van der Waals surface area contributed by atoms with E-state index < -0.39 is 0 Å². The van der Waals surface area contributed by atoms with E-state index in [2.05, 4.69) is 71.7 Å². The van der Waals surface area contributed by atoms with E-state index in [-0.39, 0.29) is 10.8 Å². The molecule has 0 fully saturated rings. The lowest BCUT2D eigenvalue weighted by atomic mass is 9.73. The number of hydrogen-bond acceptors (Lipinski definition) is 2. The molecule has 3 nitrogen and oxygen atoms in total. The lowest BCUT2D eigenvalue weighted by Gasteiger charge is -2.32. The van der Waals surface area contributed by atoms with Crippen LogP contribution >= 0.6 is 0 Å². The van der Waals surface area contributed by atoms with Crippen LogP contribution in [0.3, 0.4) is 0 Å². The molecule has 0 atom stereocenters. The first kappa shape index (κ1) is 17.6. The van der Waals surface area contributed by atoms with Crippen molar-refractivity contribution < 1.29 is 5.11 Å². The number of phenolic OH excluding ortho intramolecular Hbond substituents is 1. The Kier molecular flexibility index (Phi) is 4.36. The summed E-state index contributed by atoms with van der Waals surface area (Å²) >= 11 is 0. The number of rotatable bonds is 2. The highest BCUT2D eigenvalue weighted by molar-refractivity contribution is 5.72. The smallest absolute Gasteiger partial charge is 0.123 e. The molecule has 23 heavy (non-hydrogen) atoms. The molecule has 0 aliphatic rings. The van der Waals surface area contributed by atoms with Gasteiger partial charge in [-0.1, -0.05) is 55.4 Å². The van der Waals surface area contributed by atoms with Gasteiger partial charge in [0.2, 0.25) is 0 Å². The van der Waals surface area contributed by atoms with E-state index in [1.54, 1.807) is 6.20 Å². The maximum absolute atomic E-state index is 11.1. The van der Waals surface area contributed by atoms with Crippen molar-refractivity contribution in [3.63, 3.8) is 0 Å². The van der Waals surface area contributed by atoms with E-state index >= 15 is 0 Å². The zero-order valence-electron chi connectivity index (χ0n) is 15.7. The Morgan fingerprint density at radius 3 is 2.04 bits per heavy atom. The van der Waals surface area contributed by atoms with Crippen LogP contribution in [0.4, 0.5) is 0 Å². The topological polar surface area (TPSA) is 48.9 Å². The molecular weight excluding hydrogens is 284 g/mol. The highest BCUT2D eigenvalue weighted by Crippen LogP contribution is 2.47. The summed E-state index contributed by atoms with van der Waals surface area (Å²) in [5, 5.41) is 18.3. The van der Waals surface area contributed by atoms with Crippen molar-refractivity contribution in [1.29, 1.82) is 0 Å². The van der Waals surface area contributed by atoms with Crippen molar-refractivity contribution in [2.24, 2.45) is 0 Å². The van der Waals surface area contributed by atoms with E-state index in [1.165, 1.54) is 5.56 Å². The van der Waals surface area contributed by atoms with Gasteiger partial charge in [-0.05, 0) is 34.4 Å². The van der Waals surface area contributed by atoms with Gasteiger partial charge in [-0.15, -0.1) is 0 Å². The molecule has 0 radical (unpaired) electrons. The number of H-pyrrole nitrogens is 1. The first-order valence-electron chi connectivity index (χ1n) is 8.35. The SMILES string of the molecule is CC(C)c1c(-c2ccn[nH]2)cc(C(C)(C)C)c(O)c1C(C)(C)C. The zero-order chi connectivity index (χ0) is 17.6. The molecule has 2 N–H and O–H groups in total. The van der Waals surface area contributed by atoms with Gasteiger partial charge in [-0.25, -0.2) is 0 Å². The largest absolute Gasteiger partial charge is 0.507 e. The molecule has 1 aromatic heterocycles. The lowest BCUT2D eigenvalue weighted by molar-refractivity contribution is 0.420. The summed E-state index contributed by atoms with van der Waals surface area (Å²) in [6.45, 7) is 17.3. The van der Waals surface area contributed by atoms with Gasteiger partial charge < -0.3 is 5.11 Å². The van der Waals surface area contributed by atoms with Crippen LogP contribution < -0.4 is 0 Å². The molecule has 1 heterocycles. The number of nitrogens with one attached hydrogen (secondary N) is 1. The summed E-state index contributed by atoms with van der Waals surface area (Å²) in [4.78, 5) is 0. The highest BCUT2D eigenvalue weighted by atomic mass is 16.3. The summed E-state index contributed by atoms with van der Waals surface area (Å²) in [5.74, 6) is 0.749. The fraction of sp³-hybridized carbons (Fsp3) is 0.550. The van der Waals surface area contributed by atoms with Gasteiger partial charge in [0.25, 0.3) is 0 Å². The third-order valence-electron chi connectivity index (χ3n) is 4.27.